The van der Waals surface area contributed by atoms with Crippen LogP contribution in [0.1, 0.15) is 23.5 Å². The van der Waals surface area contributed by atoms with Crippen LogP contribution in [0.15, 0.2) is 48.5 Å². The number of ether oxygens (including phenoxy) is 2. The van der Waals surface area contributed by atoms with Crippen LogP contribution in [0, 0.1) is 0 Å². The number of fused-ring (bicyclic) bond motifs is 3. The minimum atomic E-state index is -1.15. The highest BCUT2D eigenvalue weighted by atomic mass is 16.5. The van der Waals surface area contributed by atoms with Gasteiger partial charge in [-0.2, -0.15) is 0 Å². The monoisotopic (exact) mass is 456 g/mol. The summed E-state index contributed by atoms with van der Waals surface area (Å²) >= 11 is 0. The summed E-state index contributed by atoms with van der Waals surface area (Å²) in [6.07, 6.45) is -0.565. The molecular weight excluding hydrogens is 428 g/mol. The quantitative estimate of drug-likeness (QED) is 0.416. The van der Waals surface area contributed by atoms with Gasteiger partial charge >= 0.3 is 12.1 Å². The van der Waals surface area contributed by atoms with Crippen LogP contribution in [0.2, 0.25) is 0 Å². The molecule has 33 heavy (non-hydrogen) atoms. The fourth-order valence-electron chi connectivity index (χ4n) is 3.87. The molecule has 0 fully saturated rings. The molecule has 2 aromatic rings. The Balaban J connectivity index is 1.36. The number of rotatable bonds is 12. The first kappa shape index (κ1) is 24.2. The molecule has 0 aliphatic heterocycles. The molecular formula is C24H28N2O7. The lowest BCUT2D eigenvalue weighted by Gasteiger charge is -2.19. The summed E-state index contributed by atoms with van der Waals surface area (Å²) in [5, 5.41) is 20.4. The first-order valence-electron chi connectivity index (χ1n) is 10.8. The van der Waals surface area contributed by atoms with Gasteiger partial charge < -0.3 is 29.9 Å². The van der Waals surface area contributed by atoms with Crippen LogP contribution in [-0.4, -0.2) is 79.1 Å². The number of hydrogen-bond acceptors (Lipinski definition) is 6. The number of aliphatic carboxylic acids is 1. The number of carboxylic acids is 1. The van der Waals surface area contributed by atoms with Gasteiger partial charge in [0, 0.05) is 19.0 Å². The average Bonchev–Trinajstić information content (AvgIpc) is 3.13. The number of aliphatic hydroxyl groups excluding tert-OH is 1. The number of carbonyl (C=O) groups excluding carboxylic acids is 2. The molecule has 0 spiro atoms. The SMILES string of the molecule is O=C(O)CN(CCO)C(=O)CCOCCNC(=O)OCC1c2ccccc2-c2ccccc21. The fourth-order valence-corrected chi connectivity index (χ4v) is 3.87. The molecule has 1 aliphatic rings. The molecule has 0 heterocycles. The zero-order chi connectivity index (χ0) is 23.6. The molecule has 0 atom stereocenters. The minimum Gasteiger partial charge on any atom is -0.480 e. The number of benzene rings is 2. The Bertz CT molecular complexity index is 933. The highest BCUT2D eigenvalue weighted by Gasteiger charge is 2.28. The van der Waals surface area contributed by atoms with Gasteiger partial charge in [0.15, 0.2) is 0 Å². The van der Waals surface area contributed by atoms with E-state index in [4.69, 9.17) is 19.7 Å². The smallest absolute Gasteiger partial charge is 0.407 e. The molecule has 176 valence electrons. The van der Waals surface area contributed by atoms with E-state index in [1.807, 2.05) is 24.3 Å². The van der Waals surface area contributed by atoms with E-state index >= 15 is 0 Å². The predicted molar refractivity (Wildman–Crippen MR) is 120 cm³/mol. The Morgan fingerprint density at radius 3 is 2.21 bits per heavy atom. The van der Waals surface area contributed by atoms with Gasteiger partial charge in [-0.25, -0.2) is 4.79 Å². The molecule has 0 radical (unpaired) electrons. The van der Waals surface area contributed by atoms with Gasteiger partial charge in [0.1, 0.15) is 13.2 Å². The maximum Gasteiger partial charge on any atom is 0.407 e. The first-order chi connectivity index (χ1) is 16.0. The molecule has 3 N–H and O–H groups in total. The van der Waals surface area contributed by atoms with E-state index in [1.54, 1.807) is 0 Å². The Morgan fingerprint density at radius 1 is 0.970 bits per heavy atom. The van der Waals surface area contributed by atoms with Gasteiger partial charge in [0.05, 0.1) is 26.2 Å². The lowest BCUT2D eigenvalue weighted by molar-refractivity contribution is -0.145. The fraction of sp³-hybridized carbons (Fsp3) is 0.375. The lowest BCUT2D eigenvalue weighted by Crippen LogP contribution is -2.38. The summed E-state index contributed by atoms with van der Waals surface area (Å²) in [4.78, 5) is 35.9. The van der Waals surface area contributed by atoms with Crippen molar-refractivity contribution in [2.24, 2.45) is 0 Å². The summed E-state index contributed by atoms with van der Waals surface area (Å²) in [5.74, 6) is -1.58. The van der Waals surface area contributed by atoms with Crippen molar-refractivity contribution in [3.05, 3.63) is 59.7 Å². The van der Waals surface area contributed by atoms with Crippen LogP contribution in [0.3, 0.4) is 0 Å². The van der Waals surface area contributed by atoms with Crippen LogP contribution < -0.4 is 5.32 Å². The predicted octanol–water partition coefficient (Wildman–Crippen LogP) is 1.84. The Labute approximate surface area is 191 Å². The normalized spacial score (nSPS) is 12.0. The molecule has 1 aliphatic carbocycles. The zero-order valence-corrected chi connectivity index (χ0v) is 18.2. The van der Waals surface area contributed by atoms with E-state index in [0.29, 0.717) is 0 Å². The second-order valence-electron chi connectivity index (χ2n) is 7.55. The van der Waals surface area contributed by atoms with Crippen molar-refractivity contribution in [3.63, 3.8) is 0 Å². The molecule has 0 bridgehead atoms. The Hall–Kier alpha value is -3.43. The third kappa shape index (κ3) is 6.53. The molecule has 0 saturated heterocycles. The van der Waals surface area contributed by atoms with Crippen LogP contribution in [0.25, 0.3) is 11.1 Å². The van der Waals surface area contributed by atoms with E-state index in [1.165, 1.54) is 0 Å². The molecule has 9 nitrogen and oxygen atoms in total. The molecule has 0 unspecified atom stereocenters. The van der Waals surface area contributed by atoms with E-state index in [2.05, 4.69) is 29.6 Å². The number of alkyl carbamates (subject to hydrolysis) is 1. The van der Waals surface area contributed by atoms with Crippen molar-refractivity contribution in [2.75, 3.05) is 46.1 Å². The molecule has 2 amide bonds. The zero-order valence-electron chi connectivity index (χ0n) is 18.2. The first-order valence-corrected chi connectivity index (χ1v) is 10.8. The van der Waals surface area contributed by atoms with Crippen molar-refractivity contribution in [1.82, 2.24) is 10.2 Å². The van der Waals surface area contributed by atoms with Crippen molar-refractivity contribution >= 4 is 18.0 Å². The largest absolute Gasteiger partial charge is 0.480 e. The lowest BCUT2D eigenvalue weighted by atomic mass is 9.98. The Kier molecular flexibility index (Phi) is 8.79. The number of nitrogens with zero attached hydrogens (tertiary/aromatic N) is 1. The Morgan fingerprint density at radius 2 is 1.61 bits per heavy atom. The number of nitrogens with one attached hydrogen (secondary N) is 1. The van der Waals surface area contributed by atoms with E-state index in [-0.39, 0.29) is 51.9 Å². The van der Waals surface area contributed by atoms with E-state index in [9.17, 15) is 14.4 Å². The topological polar surface area (TPSA) is 125 Å². The van der Waals surface area contributed by atoms with Crippen molar-refractivity contribution < 1.29 is 34.1 Å². The van der Waals surface area contributed by atoms with E-state index < -0.39 is 24.5 Å². The van der Waals surface area contributed by atoms with E-state index in [0.717, 1.165) is 27.2 Å². The molecule has 0 saturated carbocycles. The van der Waals surface area contributed by atoms with Crippen LogP contribution in [0.5, 0.6) is 0 Å². The van der Waals surface area contributed by atoms with Crippen molar-refractivity contribution in [2.45, 2.75) is 12.3 Å². The number of amides is 2. The molecule has 9 heteroatoms. The summed E-state index contributed by atoms with van der Waals surface area (Å²) in [5.41, 5.74) is 4.59. The average molecular weight is 456 g/mol. The summed E-state index contributed by atoms with van der Waals surface area (Å²) < 4.78 is 10.8. The minimum absolute atomic E-state index is 0.0157. The van der Waals surface area contributed by atoms with Gasteiger partial charge in [-0.05, 0) is 22.3 Å². The van der Waals surface area contributed by atoms with Crippen molar-refractivity contribution in [3.8, 4) is 11.1 Å². The summed E-state index contributed by atoms with van der Waals surface area (Å²) in [6.45, 7) is -0.149. The number of carboxylic acid groups (broad SMARTS) is 1. The van der Waals surface area contributed by atoms with Gasteiger partial charge in [0.2, 0.25) is 5.91 Å². The van der Waals surface area contributed by atoms with Gasteiger partial charge in [-0.3, -0.25) is 9.59 Å². The second kappa shape index (κ2) is 12.0. The third-order valence-electron chi connectivity index (χ3n) is 5.37. The van der Waals surface area contributed by atoms with Gasteiger partial charge in [-0.1, -0.05) is 48.5 Å². The third-order valence-corrected chi connectivity index (χ3v) is 5.37. The second-order valence-corrected chi connectivity index (χ2v) is 7.55. The number of carbonyl (C=O) groups is 3. The standard InChI is InChI=1S/C24H28N2O7/c27-12-11-26(15-23(29)30)22(28)9-13-32-14-10-25-24(31)33-16-21-19-7-3-1-5-17(19)18-6-2-4-8-20(18)21/h1-8,21,27H,9-16H2,(H,25,31)(H,29,30). The summed E-state index contributed by atoms with van der Waals surface area (Å²) in [6, 6.07) is 16.2. The highest BCUT2D eigenvalue weighted by molar-refractivity contribution is 5.81. The number of aliphatic hydroxyl groups is 1. The van der Waals surface area contributed by atoms with Gasteiger partial charge in [0.25, 0.3) is 0 Å². The van der Waals surface area contributed by atoms with Crippen LogP contribution in [-0.2, 0) is 19.1 Å². The molecule has 3 rings (SSSR count). The molecule has 0 aromatic heterocycles. The van der Waals surface area contributed by atoms with Crippen LogP contribution in [0.4, 0.5) is 4.79 Å². The van der Waals surface area contributed by atoms with Crippen molar-refractivity contribution in [1.29, 1.82) is 0 Å². The molecule has 2 aromatic carbocycles. The van der Waals surface area contributed by atoms with Crippen LogP contribution >= 0.6 is 0 Å². The maximum atomic E-state index is 12.1. The van der Waals surface area contributed by atoms with Gasteiger partial charge in [-0.15, -0.1) is 0 Å². The highest BCUT2D eigenvalue weighted by Crippen LogP contribution is 2.44. The maximum absolute atomic E-state index is 12.1. The summed E-state index contributed by atoms with van der Waals surface area (Å²) in [7, 11) is 0. The number of hydrogen-bond donors (Lipinski definition) is 3.